The smallest absolute Gasteiger partial charge is 0.327 e. The van der Waals surface area contributed by atoms with E-state index in [2.05, 4.69) is 30.7 Å². The Morgan fingerprint density at radius 1 is 1.23 bits per heavy atom. The van der Waals surface area contributed by atoms with Crippen LogP contribution in [0.5, 0.6) is 0 Å². The van der Waals surface area contributed by atoms with Crippen molar-refractivity contribution in [2.75, 3.05) is 5.32 Å². The number of hydrogen-bond acceptors (Lipinski definition) is 8. The standard InChI is InChI=1S/C17H14F3N7OS2/c1-3-10(13(28)22-16-26-24-14(30-16)17(18,19)20)29-15-21-12-11(23-25-15)8-6-4-5-7-9(8)27(12)2/h4-7,10H,3H2,1-2H3,(H,22,26,28)/t10-/m1/s1. The van der Waals surface area contributed by atoms with Crippen molar-refractivity contribution >= 4 is 56.2 Å². The molecule has 1 aromatic carbocycles. The van der Waals surface area contributed by atoms with Crippen LogP contribution >= 0.6 is 23.1 Å². The molecule has 0 bridgehead atoms. The maximum atomic E-state index is 12.7. The molecule has 0 aliphatic heterocycles. The third-order valence-electron chi connectivity index (χ3n) is 4.30. The van der Waals surface area contributed by atoms with E-state index in [-0.39, 0.29) is 16.5 Å². The number of alkyl halides is 3. The molecule has 0 saturated carbocycles. The third kappa shape index (κ3) is 3.81. The highest BCUT2D eigenvalue weighted by molar-refractivity contribution is 8.00. The van der Waals surface area contributed by atoms with Crippen LogP contribution in [0.15, 0.2) is 29.4 Å². The Bertz CT molecular complexity index is 1240. The van der Waals surface area contributed by atoms with Gasteiger partial charge in [0.1, 0.15) is 5.52 Å². The van der Waals surface area contributed by atoms with E-state index in [1.54, 1.807) is 6.92 Å². The summed E-state index contributed by atoms with van der Waals surface area (Å²) in [5.41, 5.74) is 2.24. The second-order valence-electron chi connectivity index (χ2n) is 6.26. The molecule has 0 fully saturated rings. The Morgan fingerprint density at radius 3 is 2.70 bits per heavy atom. The van der Waals surface area contributed by atoms with Gasteiger partial charge in [-0.25, -0.2) is 4.98 Å². The molecule has 0 spiro atoms. The number of amides is 1. The summed E-state index contributed by atoms with van der Waals surface area (Å²) in [4.78, 5) is 17.0. The van der Waals surface area contributed by atoms with Crippen LogP contribution in [0, 0.1) is 0 Å². The topological polar surface area (TPSA) is 98.5 Å². The lowest BCUT2D eigenvalue weighted by atomic mass is 10.2. The van der Waals surface area contributed by atoms with E-state index in [9.17, 15) is 18.0 Å². The Morgan fingerprint density at radius 2 is 2.00 bits per heavy atom. The first-order chi connectivity index (χ1) is 14.3. The number of hydrogen-bond donors (Lipinski definition) is 1. The van der Waals surface area contributed by atoms with Gasteiger partial charge in [0.25, 0.3) is 0 Å². The number of benzene rings is 1. The first-order valence-electron chi connectivity index (χ1n) is 8.74. The molecule has 0 aliphatic rings. The second kappa shape index (κ2) is 7.80. The summed E-state index contributed by atoms with van der Waals surface area (Å²) in [6.07, 6.45) is -4.20. The van der Waals surface area contributed by atoms with Crippen LogP contribution in [-0.4, -0.2) is 41.1 Å². The number of carbonyl (C=O) groups excluding carboxylic acids is 1. The summed E-state index contributed by atoms with van der Waals surface area (Å²) in [5.74, 6) is -0.506. The van der Waals surface area contributed by atoms with Crippen molar-refractivity contribution in [2.45, 2.75) is 29.9 Å². The number of thioether (sulfide) groups is 1. The summed E-state index contributed by atoms with van der Waals surface area (Å²) in [6.45, 7) is 1.78. The Labute approximate surface area is 175 Å². The van der Waals surface area contributed by atoms with Gasteiger partial charge in [-0.15, -0.1) is 20.4 Å². The minimum absolute atomic E-state index is 0.213. The maximum Gasteiger partial charge on any atom is 0.445 e. The van der Waals surface area contributed by atoms with Crippen molar-refractivity contribution in [3.8, 4) is 0 Å². The molecule has 0 unspecified atom stereocenters. The largest absolute Gasteiger partial charge is 0.445 e. The highest BCUT2D eigenvalue weighted by Crippen LogP contribution is 2.33. The van der Waals surface area contributed by atoms with Gasteiger partial charge < -0.3 is 4.57 Å². The molecule has 1 amide bonds. The highest BCUT2D eigenvalue weighted by atomic mass is 32.2. The lowest BCUT2D eigenvalue weighted by molar-refractivity contribution is -0.138. The molecule has 0 saturated heterocycles. The number of anilines is 1. The van der Waals surface area contributed by atoms with Crippen LogP contribution in [0.2, 0.25) is 0 Å². The number of aryl methyl sites for hydroxylation is 1. The van der Waals surface area contributed by atoms with Crippen molar-refractivity contribution in [3.05, 3.63) is 29.3 Å². The average Bonchev–Trinajstić information content (AvgIpc) is 3.30. The van der Waals surface area contributed by atoms with Crippen LogP contribution < -0.4 is 5.32 Å². The van der Waals surface area contributed by atoms with Gasteiger partial charge in [0.2, 0.25) is 21.2 Å². The zero-order chi connectivity index (χ0) is 21.5. The van der Waals surface area contributed by atoms with E-state index in [4.69, 9.17) is 0 Å². The van der Waals surface area contributed by atoms with Crippen molar-refractivity contribution in [3.63, 3.8) is 0 Å². The van der Waals surface area contributed by atoms with Gasteiger partial charge in [0.15, 0.2) is 5.65 Å². The Balaban J connectivity index is 1.55. The number of rotatable bonds is 5. The number of aromatic nitrogens is 6. The zero-order valence-electron chi connectivity index (χ0n) is 15.6. The molecule has 3 aromatic heterocycles. The van der Waals surface area contributed by atoms with Gasteiger partial charge in [-0.05, 0) is 12.5 Å². The summed E-state index contributed by atoms with van der Waals surface area (Å²) in [7, 11) is 1.87. The minimum atomic E-state index is -4.60. The van der Waals surface area contributed by atoms with E-state index < -0.39 is 22.3 Å². The number of fused-ring (bicyclic) bond motifs is 3. The fraction of sp³-hybridized carbons (Fsp3) is 0.294. The van der Waals surface area contributed by atoms with E-state index in [0.717, 1.165) is 22.7 Å². The van der Waals surface area contributed by atoms with Crippen molar-refractivity contribution < 1.29 is 18.0 Å². The van der Waals surface area contributed by atoms with Gasteiger partial charge in [-0.3, -0.25) is 10.1 Å². The molecule has 4 aromatic rings. The molecule has 4 rings (SSSR count). The van der Waals surface area contributed by atoms with Gasteiger partial charge in [-0.1, -0.05) is 48.2 Å². The van der Waals surface area contributed by atoms with Gasteiger partial charge in [-0.2, -0.15) is 13.2 Å². The Kier molecular flexibility index (Phi) is 5.32. The zero-order valence-corrected chi connectivity index (χ0v) is 17.3. The molecule has 3 heterocycles. The van der Waals surface area contributed by atoms with E-state index >= 15 is 0 Å². The van der Waals surface area contributed by atoms with Crippen LogP contribution in [-0.2, 0) is 18.0 Å². The fourth-order valence-electron chi connectivity index (χ4n) is 2.87. The number of nitrogens with one attached hydrogen (secondary N) is 1. The van der Waals surface area contributed by atoms with Crippen molar-refractivity contribution in [2.24, 2.45) is 7.05 Å². The fourth-order valence-corrected chi connectivity index (χ4v) is 4.29. The van der Waals surface area contributed by atoms with Gasteiger partial charge in [0, 0.05) is 12.4 Å². The molecule has 0 radical (unpaired) electrons. The minimum Gasteiger partial charge on any atom is -0.327 e. The van der Waals surface area contributed by atoms with Gasteiger partial charge in [0.05, 0.1) is 10.8 Å². The van der Waals surface area contributed by atoms with Crippen molar-refractivity contribution in [1.82, 2.24) is 29.9 Å². The number of nitrogens with zero attached hydrogens (tertiary/aromatic N) is 6. The quantitative estimate of drug-likeness (QED) is 0.458. The molecule has 8 nitrogen and oxygen atoms in total. The van der Waals surface area contributed by atoms with E-state index in [1.165, 1.54) is 0 Å². The average molecular weight is 453 g/mol. The maximum absolute atomic E-state index is 12.7. The predicted octanol–water partition coefficient (Wildman–Crippen LogP) is 3.90. The monoisotopic (exact) mass is 453 g/mol. The summed E-state index contributed by atoms with van der Waals surface area (Å²) in [6, 6.07) is 7.70. The summed E-state index contributed by atoms with van der Waals surface area (Å²) in [5, 5.41) is 16.4. The molecule has 0 aliphatic carbocycles. The highest BCUT2D eigenvalue weighted by Gasteiger charge is 2.36. The van der Waals surface area contributed by atoms with Crippen molar-refractivity contribution in [1.29, 1.82) is 0 Å². The number of para-hydroxylation sites is 1. The molecule has 1 atom stereocenters. The molecule has 30 heavy (non-hydrogen) atoms. The van der Waals surface area contributed by atoms with Crippen LogP contribution in [0.25, 0.3) is 22.1 Å². The third-order valence-corrected chi connectivity index (χ3v) is 6.39. The lowest BCUT2D eigenvalue weighted by Crippen LogP contribution is -2.24. The normalized spacial score (nSPS) is 13.1. The molecular weight excluding hydrogens is 439 g/mol. The van der Waals surface area contributed by atoms with Crippen LogP contribution in [0.4, 0.5) is 18.3 Å². The van der Waals surface area contributed by atoms with Gasteiger partial charge >= 0.3 is 6.18 Å². The van der Waals surface area contributed by atoms with Crippen LogP contribution in [0.3, 0.4) is 0 Å². The Hall–Kier alpha value is -2.80. The number of carbonyl (C=O) groups is 1. The lowest BCUT2D eigenvalue weighted by Gasteiger charge is -2.11. The molecule has 156 valence electrons. The summed E-state index contributed by atoms with van der Waals surface area (Å²) >= 11 is 1.36. The van der Waals surface area contributed by atoms with Crippen LogP contribution in [0.1, 0.15) is 18.4 Å². The molecule has 13 heteroatoms. The SMILES string of the molecule is CC[C@@H](Sc1nnc2c3ccccc3n(C)c2n1)C(=O)Nc1nnc(C(F)(F)F)s1. The first-order valence-corrected chi connectivity index (χ1v) is 10.4. The summed E-state index contributed by atoms with van der Waals surface area (Å²) < 4.78 is 39.9. The van der Waals surface area contributed by atoms with E-state index in [0.29, 0.717) is 22.7 Å². The number of halogens is 3. The molecular formula is C17H14F3N7OS2. The molecule has 1 N–H and O–H groups in total. The predicted molar refractivity (Wildman–Crippen MR) is 107 cm³/mol. The van der Waals surface area contributed by atoms with E-state index in [1.807, 2.05) is 35.9 Å². The first kappa shape index (κ1) is 20.5. The second-order valence-corrected chi connectivity index (χ2v) is 8.40.